The summed E-state index contributed by atoms with van der Waals surface area (Å²) in [6.45, 7) is 2.24. The minimum Gasteiger partial charge on any atom is -0.393 e. The smallest absolute Gasteiger partial charge is 0.0604 e. The lowest BCUT2D eigenvalue weighted by molar-refractivity contribution is -0.0445. The molecule has 0 aromatic heterocycles. The van der Waals surface area contributed by atoms with E-state index >= 15 is 0 Å². The largest absolute Gasteiger partial charge is 0.393 e. The van der Waals surface area contributed by atoms with Crippen LogP contribution in [0.3, 0.4) is 0 Å². The molecule has 2 aromatic carbocycles. The van der Waals surface area contributed by atoms with Gasteiger partial charge in [0.1, 0.15) is 0 Å². The highest BCUT2D eigenvalue weighted by atomic mass is 16.3. The molecule has 25 heavy (non-hydrogen) atoms. The molecule has 4 atom stereocenters. The van der Waals surface area contributed by atoms with Gasteiger partial charge in [-0.15, -0.1) is 0 Å². The van der Waals surface area contributed by atoms with Gasteiger partial charge in [-0.2, -0.15) is 0 Å². The number of rotatable bonds is 6. The second-order valence-electron chi connectivity index (χ2n) is 7.41. The predicted octanol–water partition coefficient (Wildman–Crippen LogP) is 5.36. The summed E-state index contributed by atoms with van der Waals surface area (Å²) in [6.07, 6.45) is 5.34. The first-order valence-electron chi connectivity index (χ1n) is 9.72. The Kier molecular flexibility index (Phi) is 6.28. The molecule has 0 amide bonds. The fraction of sp³-hybridized carbons (Fsp3) is 0.478. The zero-order valence-corrected chi connectivity index (χ0v) is 15.5. The summed E-state index contributed by atoms with van der Waals surface area (Å²) in [5.41, 5.74) is 2.63. The van der Waals surface area contributed by atoms with Crippen LogP contribution < -0.4 is 0 Å². The molecule has 3 rings (SSSR count). The van der Waals surface area contributed by atoms with Crippen molar-refractivity contribution >= 4 is 0 Å². The number of hydrogen-bond donors (Lipinski definition) is 1. The summed E-state index contributed by atoms with van der Waals surface area (Å²) < 4.78 is 0. The number of likely N-dealkylation sites (tertiary alicyclic amines) is 1. The number of aliphatic hydroxyl groups excluding tert-OH is 1. The standard InChI is InChI=1S/C23H31NO/c1-3-4-7-16-20-22(25)17-21(18-12-8-5-9-13-18)24(2)23(20)19-14-10-6-11-15-19/h5-6,8-15,20-23,25H,3-4,7,16-17H2,1-2H3/t20-,21+,22+,23+/m0/s1. The average Bonchev–Trinajstić information content (AvgIpc) is 2.66. The summed E-state index contributed by atoms with van der Waals surface area (Å²) in [4.78, 5) is 2.49. The van der Waals surface area contributed by atoms with Crippen LogP contribution in [-0.2, 0) is 0 Å². The van der Waals surface area contributed by atoms with Crippen LogP contribution in [0.1, 0.15) is 62.2 Å². The highest BCUT2D eigenvalue weighted by molar-refractivity contribution is 5.25. The van der Waals surface area contributed by atoms with Gasteiger partial charge >= 0.3 is 0 Å². The Balaban J connectivity index is 1.90. The second-order valence-corrected chi connectivity index (χ2v) is 7.41. The molecule has 0 saturated carbocycles. The van der Waals surface area contributed by atoms with Crippen LogP contribution in [0.4, 0.5) is 0 Å². The van der Waals surface area contributed by atoms with Crippen molar-refractivity contribution in [1.29, 1.82) is 0 Å². The molecule has 2 aromatic rings. The lowest BCUT2D eigenvalue weighted by Crippen LogP contribution is -2.45. The monoisotopic (exact) mass is 337 g/mol. The van der Waals surface area contributed by atoms with Gasteiger partial charge in [0, 0.05) is 18.0 Å². The quantitative estimate of drug-likeness (QED) is 0.717. The van der Waals surface area contributed by atoms with Crippen LogP contribution in [0, 0.1) is 5.92 Å². The lowest BCUT2D eigenvalue weighted by Gasteiger charge is -2.47. The van der Waals surface area contributed by atoms with Gasteiger partial charge in [0.25, 0.3) is 0 Å². The molecular weight excluding hydrogens is 306 g/mol. The maximum atomic E-state index is 11.0. The summed E-state index contributed by atoms with van der Waals surface area (Å²) in [7, 11) is 2.23. The van der Waals surface area contributed by atoms with E-state index in [0.717, 1.165) is 12.8 Å². The fourth-order valence-corrected chi connectivity index (χ4v) is 4.44. The molecule has 1 saturated heterocycles. The van der Waals surface area contributed by atoms with E-state index in [9.17, 15) is 5.11 Å². The summed E-state index contributed by atoms with van der Waals surface area (Å²) in [5.74, 6) is 0.305. The maximum absolute atomic E-state index is 11.0. The van der Waals surface area contributed by atoms with Gasteiger partial charge in [-0.3, -0.25) is 4.90 Å². The summed E-state index contributed by atoms with van der Waals surface area (Å²) >= 11 is 0. The van der Waals surface area contributed by atoms with Gasteiger partial charge < -0.3 is 5.11 Å². The van der Waals surface area contributed by atoms with Crippen LogP contribution >= 0.6 is 0 Å². The molecule has 0 bridgehead atoms. The molecule has 0 aliphatic carbocycles. The van der Waals surface area contributed by atoms with Crippen molar-refractivity contribution in [3.05, 3.63) is 71.8 Å². The highest BCUT2D eigenvalue weighted by Gasteiger charge is 2.41. The van der Waals surface area contributed by atoms with Crippen molar-refractivity contribution in [3.63, 3.8) is 0 Å². The van der Waals surface area contributed by atoms with Crippen LogP contribution in [0.15, 0.2) is 60.7 Å². The molecule has 134 valence electrons. The van der Waals surface area contributed by atoms with Crippen molar-refractivity contribution in [3.8, 4) is 0 Å². The minimum atomic E-state index is -0.247. The van der Waals surface area contributed by atoms with Gasteiger partial charge in [0.15, 0.2) is 0 Å². The van der Waals surface area contributed by atoms with Crippen LogP contribution in [0.2, 0.25) is 0 Å². The van der Waals surface area contributed by atoms with Crippen molar-refractivity contribution in [1.82, 2.24) is 4.90 Å². The molecule has 0 radical (unpaired) electrons. The van der Waals surface area contributed by atoms with E-state index in [1.807, 2.05) is 0 Å². The lowest BCUT2D eigenvalue weighted by atomic mass is 9.76. The molecule has 0 unspecified atom stereocenters. The zero-order valence-electron chi connectivity index (χ0n) is 15.5. The van der Waals surface area contributed by atoms with E-state index < -0.39 is 0 Å². The molecular formula is C23H31NO. The molecule has 2 heteroatoms. The average molecular weight is 338 g/mol. The SMILES string of the molecule is CCCCC[C@H]1[C@H](O)C[C@H](c2ccccc2)N(C)[C@@H]1c1ccccc1. The fourth-order valence-electron chi connectivity index (χ4n) is 4.44. The van der Waals surface area contributed by atoms with E-state index in [-0.39, 0.29) is 18.2 Å². The third-order valence-corrected chi connectivity index (χ3v) is 5.76. The van der Waals surface area contributed by atoms with Gasteiger partial charge in [0.2, 0.25) is 0 Å². The van der Waals surface area contributed by atoms with Crippen molar-refractivity contribution < 1.29 is 5.11 Å². The topological polar surface area (TPSA) is 23.5 Å². The van der Waals surface area contributed by atoms with Crippen molar-refractivity contribution in [2.45, 2.75) is 57.2 Å². The first-order chi connectivity index (χ1) is 12.2. The van der Waals surface area contributed by atoms with Gasteiger partial charge in [-0.05, 0) is 31.0 Å². The number of benzene rings is 2. The normalized spacial score (nSPS) is 27.3. The molecule has 1 aliphatic heterocycles. The van der Waals surface area contributed by atoms with Crippen LogP contribution in [-0.4, -0.2) is 23.2 Å². The van der Waals surface area contributed by atoms with Crippen molar-refractivity contribution in [2.75, 3.05) is 7.05 Å². The predicted molar refractivity (Wildman–Crippen MR) is 104 cm³/mol. The third-order valence-electron chi connectivity index (χ3n) is 5.76. The van der Waals surface area contributed by atoms with Crippen LogP contribution in [0.5, 0.6) is 0 Å². The number of unbranched alkanes of at least 4 members (excludes halogenated alkanes) is 2. The van der Waals surface area contributed by atoms with Gasteiger partial charge in [-0.1, -0.05) is 86.8 Å². The van der Waals surface area contributed by atoms with E-state index in [4.69, 9.17) is 0 Å². The van der Waals surface area contributed by atoms with Gasteiger partial charge in [0.05, 0.1) is 6.10 Å². The number of nitrogens with zero attached hydrogens (tertiary/aromatic N) is 1. The molecule has 2 nitrogen and oxygen atoms in total. The van der Waals surface area contributed by atoms with Crippen LogP contribution in [0.25, 0.3) is 0 Å². The molecule has 0 spiro atoms. The maximum Gasteiger partial charge on any atom is 0.0604 e. The Bertz CT molecular complexity index is 627. The summed E-state index contributed by atoms with van der Waals surface area (Å²) in [6, 6.07) is 21.9. The number of aliphatic hydroxyl groups is 1. The van der Waals surface area contributed by atoms with E-state index in [1.54, 1.807) is 0 Å². The Morgan fingerprint density at radius 2 is 1.52 bits per heavy atom. The number of hydrogen-bond acceptors (Lipinski definition) is 2. The Hall–Kier alpha value is -1.64. The van der Waals surface area contributed by atoms with Crippen molar-refractivity contribution in [2.24, 2.45) is 5.92 Å². The van der Waals surface area contributed by atoms with E-state index in [2.05, 4.69) is 79.5 Å². The molecule has 1 N–H and O–H groups in total. The Morgan fingerprint density at radius 1 is 0.920 bits per heavy atom. The van der Waals surface area contributed by atoms with Gasteiger partial charge in [-0.25, -0.2) is 0 Å². The summed E-state index contributed by atoms with van der Waals surface area (Å²) in [5, 5.41) is 11.0. The number of piperidine rings is 1. The Labute approximate surface area is 152 Å². The molecule has 1 heterocycles. The zero-order chi connectivity index (χ0) is 17.6. The first-order valence-corrected chi connectivity index (χ1v) is 9.72. The minimum absolute atomic E-state index is 0.247. The Morgan fingerprint density at radius 3 is 2.12 bits per heavy atom. The third kappa shape index (κ3) is 4.13. The highest BCUT2D eigenvalue weighted by Crippen LogP contribution is 2.45. The molecule has 1 aliphatic rings. The van der Waals surface area contributed by atoms with E-state index in [0.29, 0.717) is 5.92 Å². The first kappa shape index (κ1) is 18.2. The second kappa shape index (κ2) is 8.64. The van der Waals surface area contributed by atoms with E-state index in [1.165, 1.54) is 30.4 Å². The molecule has 1 fully saturated rings.